The quantitative estimate of drug-likeness (QED) is 0.863. The maximum Gasteiger partial charge on any atom is 0.135 e. The highest BCUT2D eigenvalue weighted by Gasteiger charge is 2.34. The minimum atomic E-state index is 0.528. The molecule has 1 aliphatic carbocycles. The molecule has 4 heterocycles. The molecule has 1 aromatic rings. The lowest BCUT2D eigenvalue weighted by Gasteiger charge is -2.45. The first-order valence-corrected chi connectivity index (χ1v) is 7.69. The van der Waals surface area contributed by atoms with Gasteiger partial charge in [-0.1, -0.05) is 11.6 Å². The van der Waals surface area contributed by atoms with E-state index in [9.17, 15) is 0 Å². The summed E-state index contributed by atoms with van der Waals surface area (Å²) in [5.74, 6) is 3.19. The van der Waals surface area contributed by atoms with Gasteiger partial charge in [0, 0.05) is 24.6 Å². The zero-order chi connectivity index (χ0) is 12.8. The number of aromatic nitrogens is 2. The van der Waals surface area contributed by atoms with Crippen molar-refractivity contribution in [1.82, 2.24) is 14.9 Å². The number of nitrogens with one attached hydrogen (secondary N) is 1. The Morgan fingerprint density at radius 3 is 2.58 bits per heavy atom. The van der Waals surface area contributed by atoms with Crippen molar-refractivity contribution in [2.75, 3.05) is 25.0 Å². The van der Waals surface area contributed by atoms with E-state index in [2.05, 4.69) is 20.2 Å². The van der Waals surface area contributed by atoms with E-state index in [4.69, 9.17) is 11.6 Å². The summed E-state index contributed by atoms with van der Waals surface area (Å²) in [6, 6.07) is 2.39. The predicted molar refractivity (Wildman–Crippen MR) is 75.6 cm³/mol. The van der Waals surface area contributed by atoms with Crippen molar-refractivity contribution in [3.8, 4) is 0 Å². The van der Waals surface area contributed by atoms with E-state index in [0.29, 0.717) is 17.1 Å². The van der Waals surface area contributed by atoms with Gasteiger partial charge in [-0.05, 0) is 44.7 Å². The first-order chi connectivity index (χ1) is 9.28. The topological polar surface area (TPSA) is 41.0 Å². The fourth-order valence-electron chi connectivity index (χ4n) is 3.35. The van der Waals surface area contributed by atoms with Gasteiger partial charge in [-0.15, -0.1) is 0 Å². The smallest absolute Gasteiger partial charge is 0.135 e. The average molecular weight is 279 g/mol. The van der Waals surface area contributed by atoms with Crippen LogP contribution in [-0.4, -0.2) is 40.5 Å². The summed E-state index contributed by atoms with van der Waals surface area (Å²) in [4.78, 5) is 11.5. The molecule has 4 nitrogen and oxygen atoms in total. The van der Waals surface area contributed by atoms with E-state index in [1.54, 1.807) is 0 Å². The monoisotopic (exact) mass is 278 g/mol. The average Bonchev–Trinajstić information content (AvgIpc) is 3.23. The zero-order valence-electron chi connectivity index (χ0n) is 11.0. The van der Waals surface area contributed by atoms with Gasteiger partial charge in [0.2, 0.25) is 0 Å². The van der Waals surface area contributed by atoms with Crippen LogP contribution in [0.2, 0.25) is 5.15 Å². The molecule has 1 saturated carbocycles. The standard InChI is InChI=1S/C14H19ClN4/c15-12-7-13(18-14(17-12)10-1-2-10)16-11-8-19-5-3-9(11)4-6-19/h7,9-11H,1-6,8H2,(H,16,17,18). The van der Waals surface area contributed by atoms with Crippen LogP contribution in [0.15, 0.2) is 6.07 Å². The molecule has 1 unspecified atom stereocenters. The van der Waals surface area contributed by atoms with E-state index in [0.717, 1.165) is 24.1 Å². The van der Waals surface area contributed by atoms with Crippen LogP contribution in [0.3, 0.4) is 0 Å². The fourth-order valence-corrected chi connectivity index (χ4v) is 3.54. The molecule has 0 aromatic carbocycles. The van der Waals surface area contributed by atoms with Crippen LogP contribution >= 0.6 is 11.6 Å². The second-order valence-corrected chi connectivity index (χ2v) is 6.48. The SMILES string of the molecule is Clc1cc(NC2CN3CCC2CC3)nc(C2CC2)n1. The van der Waals surface area contributed by atoms with Crippen molar-refractivity contribution in [1.29, 1.82) is 0 Å². The molecule has 102 valence electrons. The maximum atomic E-state index is 6.12. The Morgan fingerprint density at radius 2 is 1.95 bits per heavy atom. The summed E-state index contributed by atoms with van der Waals surface area (Å²) in [6.07, 6.45) is 5.04. The maximum absolute atomic E-state index is 6.12. The van der Waals surface area contributed by atoms with Crippen molar-refractivity contribution < 1.29 is 0 Å². The van der Waals surface area contributed by atoms with Gasteiger partial charge >= 0.3 is 0 Å². The van der Waals surface area contributed by atoms with E-state index in [-0.39, 0.29) is 0 Å². The number of rotatable bonds is 3. The Kier molecular flexibility index (Phi) is 2.88. The molecule has 5 rings (SSSR count). The highest BCUT2D eigenvalue weighted by atomic mass is 35.5. The van der Waals surface area contributed by atoms with Crippen LogP contribution < -0.4 is 5.32 Å². The normalized spacial score (nSPS) is 33.4. The number of fused-ring (bicyclic) bond motifs is 3. The second kappa shape index (κ2) is 4.60. The van der Waals surface area contributed by atoms with Crippen LogP contribution in [0.5, 0.6) is 0 Å². The lowest BCUT2D eigenvalue weighted by Crippen LogP contribution is -2.53. The Balaban J connectivity index is 1.53. The van der Waals surface area contributed by atoms with Gasteiger partial charge < -0.3 is 10.2 Å². The minimum Gasteiger partial charge on any atom is -0.366 e. The molecule has 1 aromatic heterocycles. The molecule has 0 radical (unpaired) electrons. The van der Waals surface area contributed by atoms with Crippen molar-refractivity contribution in [2.45, 2.75) is 37.6 Å². The Bertz CT molecular complexity index is 480. The molecule has 0 amide bonds. The molecular weight excluding hydrogens is 260 g/mol. The molecule has 1 N–H and O–H groups in total. The number of halogens is 1. The third-order valence-corrected chi connectivity index (χ3v) is 4.84. The van der Waals surface area contributed by atoms with Crippen molar-refractivity contribution >= 4 is 17.4 Å². The molecule has 19 heavy (non-hydrogen) atoms. The largest absolute Gasteiger partial charge is 0.366 e. The molecular formula is C14H19ClN4. The number of hydrogen-bond donors (Lipinski definition) is 1. The highest BCUT2D eigenvalue weighted by molar-refractivity contribution is 6.29. The fraction of sp³-hybridized carbons (Fsp3) is 0.714. The van der Waals surface area contributed by atoms with Crippen LogP contribution in [0.25, 0.3) is 0 Å². The summed E-state index contributed by atoms with van der Waals surface area (Å²) >= 11 is 6.12. The van der Waals surface area contributed by atoms with Crippen LogP contribution in [0, 0.1) is 5.92 Å². The number of anilines is 1. The highest BCUT2D eigenvalue weighted by Crippen LogP contribution is 2.39. The van der Waals surface area contributed by atoms with E-state index < -0.39 is 0 Å². The van der Waals surface area contributed by atoms with Crippen LogP contribution in [0.4, 0.5) is 5.82 Å². The molecule has 3 aliphatic heterocycles. The van der Waals surface area contributed by atoms with Gasteiger partial charge in [-0.2, -0.15) is 0 Å². The van der Waals surface area contributed by atoms with Gasteiger partial charge in [0.25, 0.3) is 0 Å². The number of nitrogens with zero attached hydrogens (tertiary/aromatic N) is 3. The summed E-state index contributed by atoms with van der Waals surface area (Å²) in [5, 5.41) is 4.17. The van der Waals surface area contributed by atoms with Gasteiger partial charge in [-0.3, -0.25) is 0 Å². The first kappa shape index (κ1) is 11.9. The lowest BCUT2D eigenvalue weighted by molar-refractivity contribution is 0.0973. The van der Waals surface area contributed by atoms with E-state index >= 15 is 0 Å². The predicted octanol–water partition coefficient (Wildman–Crippen LogP) is 2.51. The molecule has 5 heteroatoms. The summed E-state index contributed by atoms with van der Waals surface area (Å²) in [6.45, 7) is 3.67. The van der Waals surface area contributed by atoms with Gasteiger partial charge in [-0.25, -0.2) is 9.97 Å². The van der Waals surface area contributed by atoms with E-state index in [1.807, 2.05) is 6.07 Å². The molecule has 4 fully saturated rings. The third-order valence-electron chi connectivity index (χ3n) is 4.64. The second-order valence-electron chi connectivity index (χ2n) is 6.10. The minimum absolute atomic E-state index is 0.528. The Labute approximate surface area is 118 Å². The third kappa shape index (κ3) is 2.43. The van der Waals surface area contributed by atoms with Crippen molar-refractivity contribution in [3.05, 3.63) is 17.0 Å². The summed E-state index contributed by atoms with van der Waals surface area (Å²) in [5.41, 5.74) is 0. The van der Waals surface area contributed by atoms with Crippen LogP contribution in [0.1, 0.15) is 37.4 Å². The lowest BCUT2D eigenvalue weighted by atomic mass is 9.84. The molecule has 4 aliphatic rings. The summed E-state index contributed by atoms with van der Waals surface area (Å²) < 4.78 is 0. The number of piperidine rings is 3. The van der Waals surface area contributed by atoms with Crippen molar-refractivity contribution in [2.24, 2.45) is 5.92 Å². The Morgan fingerprint density at radius 1 is 1.16 bits per heavy atom. The van der Waals surface area contributed by atoms with Gasteiger partial charge in [0.1, 0.15) is 16.8 Å². The van der Waals surface area contributed by atoms with E-state index in [1.165, 1.54) is 38.8 Å². The van der Waals surface area contributed by atoms with Gasteiger partial charge in [0.15, 0.2) is 0 Å². The molecule has 0 spiro atoms. The number of hydrogen-bond acceptors (Lipinski definition) is 4. The van der Waals surface area contributed by atoms with Crippen molar-refractivity contribution in [3.63, 3.8) is 0 Å². The molecule has 2 bridgehead atoms. The molecule has 1 atom stereocenters. The molecule has 3 saturated heterocycles. The Hall–Kier alpha value is -0.870. The first-order valence-electron chi connectivity index (χ1n) is 7.31. The summed E-state index contributed by atoms with van der Waals surface area (Å²) in [7, 11) is 0. The zero-order valence-corrected chi connectivity index (χ0v) is 11.7. The van der Waals surface area contributed by atoms with Crippen LogP contribution in [-0.2, 0) is 0 Å². The van der Waals surface area contributed by atoms with Gasteiger partial charge in [0.05, 0.1) is 0 Å².